The quantitative estimate of drug-likeness (QED) is 0.517. The van der Waals surface area contributed by atoms with Crippen LogP contribution in [0.1, 0.15) is 18.9 Å². The van der Waals surface area contributed by atoms with Gasteiger partial charge in [-0.3, -0.25) is 10.1 Å². The molecule has 1 aliphatic rings. The topological polar surface area (TPSA) is 107 Å². The van der Waals surface area contributed by atoms with Crippen LogP contribution in [0.15, 0.2) is 17.0 Å². The largest absolute Gasteiger partial charge is 0.393 e. The summed E-state index contributed by atoms with van der Waals surface area (Å²) >= 11 is 0. The molecule has 20 heavy (non-hydrogen) atoms. The third-order valence-corrected chi connectivity index (χ3v) is 5.53. The zero-order valence-electron chi connectivity index (χ0n) is 11.4. The number of sulfonamides is 1. The van der Waals surface area contributed by atoms with Crippen LogP contribution in [0.5, 0.6) is 0 Å². The maximum Gasteiger partial charge on any atom is 0.293 e. The molecule has 0 amide bonds. The molecule has 0 aromatic heterocycles. The molecule has 1 atom stereocenters. The Labute approximate surface area is 117 Å². The summed E-state index contributed by atoms with van der Waals surface area (Å²) in [6.45, 7) is 4.46. The fourth-order valence-electron chi connectivity index (χ4n) is 2.39. The Bertz CT molecular complexity index is 657. The van der Waals surface area contributed by atoms with Gasteiger partial charge in [-0.1, -0.05) is 6.92 Å². The molecule has 8 heteroatoms. The van der Waals surface area contributed by atoms with E-state index in [1.165, 1.54) is 10.4 Å². The van der Waals surface area contributed by atoms with Crippen LogP contribution in [0.25, 0.3) is 0 Å². The molecular formula is C12H17N3O4S. The number of benzene rings is 1. The lowest BCUT2D eigenvalue weighted by molar-refractivity contribution is -0.384. The van der Waals surface area contributed by atoms with Crippen molar-refractivity contribution >= 4 is 21.4 Å². The molecule has 2 rings (SSSR count). The van der Waals surface area contributed by atoms with Gasteiger partial charge in [-0.05, 0) is 30.9 Å². The highest BCUT2D eigenvalue weighted by atomic mass is 32.2. The highest BCUT2D eigenvalue weighted by Gasteiger charge is 2.33. The van der Waals surface area contributed by atoms with Crippen molar-refractivity contribution in [3.63, 3.8) is 0 Å². The minimum atomic E-state index is -3.70. The molecule has 1 aromatic carbocycles. The van der Waals surface area contributed by atoms with E-state index in [1.807, 2.05) is 6.92 Å². The second kappa shape index (κ2) is 5.02. The summed E-state index contributed by atoms with van der Waals surface area (Å²) in [6, 6.07) is 2.40. The lowest BCUT2D eigenvalue weighted by atomic mass is 10.2. The van der Waals surface area contributed by atoms with E-state index in [-0.39, 0.29) is 16.3 Å². The van der Waals surface area contributed by atoms with E-state index in [1.54, 1.807) is 6.92 Å². The molecule has 0 saturated carbocycles. The maximum atomic E-state index is 12.5. The number of hydrogen-bond acceptors (Lipinski definition) is 5. The molecule has 1 unspecified atom stereocenters. The summed E-state index contributed by atoms with van der Waals surface area (Å²) in [5, 5.41) is 10.9. The minimum absolute atomic E-state index is 0.0266. The Hall–Kier alpha value is -1.67. The molecule has 0 bridgehead atoms. The Morgan fingerprint density at radius 2 is 2.10 bits per heavy atom. The van der Waals surface area contributed by atoms with Gasteiger partial charge < -0.3 is 5.73 Å². The molecule has 0 radical (unpaired) electrons. The number of rotatable bonds is 3. The SMILES string of the molecule is Cc1cc(N)c([N+](=O)[O-])cc1S(=O)(=O)N1CCC(C)C1. The summed E-state index contributed by atoms with van der Waals surface area (Å²) in [5.41, 5.74) is 5.58. The van der Waals surface area contributed by atoms with Gasteiger partial charge in [0.25, 0.3) is 5.69 Å². The molecule has 1 aromatic rings. The van der Waals surface area contributed by atoms with Crippen molar-refractivity contribution in [3.05, 3.63) is 27.8 Å². The number of nitrogens with zero attached hydrogens (tertiary/aromatic N) is 2. The van der Waals surface area contributed by atoms with E-state index >= 15 is 0 Å². The standard InChI is InChI=1S/C12H17N3O4S/c1-8-3-4-14(7-8)20(18,19)12-6-11(15(16)17)10(13)5-9(12)2/h5-6,8H,3-4,7,13H2,1-2H3. The molecule has 2 N–H and O–H groups in total. The van der Waals surface area contributed by atoms with Gasteiger partial charge >= 0.3 is 0 Å². The number of hydrogen-bond donors (Lipinski definition) is 1. The van der Waals surface area contributed by atoms with E-state index in [9.17, 15) is 18.5 Å². The summed E-state index contributed by atoms with van der Waals surface area (Å²) in [7, 11) is -3.70. The van der Waals surface area contributed by atoms with Crippen molar-refractivity contribution in [1.29, 1.82) is 0 Å². The van der Waals surface area contributed by atoms with E-state index in [2.05, 4.69) is 0 Å². The predicted octanol–water partition coefficient (Wildman–Crippen LogP) is 1.52. The van der Waals surface area contributed by atoms with Gasteiger partial charge in [-0.2, -0.15) is 4.31 Å². The predicted molar refractivity (Wildman–Crippen MR) is 74.8 cm³/mol. The monoisotopic (exact) mass is 299 g/mol. The Kier molecular flexibility index (Phi) is 3.70. The van der Waals surface area contributed by atoms with Gasteiger partial charge in [-0.25, -0.2) is 8.42 Å². The zero-order valence-corrected chi connectivity index (χ0v) is 12.2. The van der Waals surface area contributed by atoms with Crippen LogP contribution in [0.3, 0.4) is 0 Å². The second-order valence-electron chi connectivity index (χ2n) is 5.19. The highest BCUT2D eigenvalue weighted by Crippen LogP contribution is 2.31. The van der Waals surface area contributed by atoms with E-state index in [0.717, 1.165) is 12.5 Å². The van der Waals surface area contributed by atoms with Crippen molar-refractivity contribution in [2.75, 3.05) is 18.8 Å². The van der Waals surface area contributed by atoms with Crippen LogP contribution in [0.4, 0.5) is 11.4 Å². The Morgan fingerprint density at radius 1 is 1.45 bits per heavy atom. The number of nitrogens with two attached hydrogens (primary N) is 1. The Morgan fingerprint density at radius 3 is 2.60 bits per heavy atom. The fourth-order valence-corrected chi connectivity index (χ4v) is 4.19. The van der Waals surface area contributed by atoms with Gasteiger partial charge in [0.15, 0.2) is 0 Å². The fraction of sp³-hybridized carbons (Fsp3) is 0.500. The van der Waals surface area contributed by atoms with E-state index < -0.39 is 14.9 Å². The maximum absolute atomic E-state index is 12.5. The molecule has 0 aliphatic carbocycles. The van der Waals surface area contributed by atoms with E-state index in [0.29, 0.717) is 24.6 Å². The molecule has 1 heterocycles. The average molecular weight is 299 g/mol. The molecule has 1 saturated heterocycles. The van der Waals surface area contributed by atoms with Crippen LogP contribution >= 0.6 is 0 Å². The van der Waals surface area contributed by atoms with Crippen molar-refractivity contribution in [3.8, 4) is 0 Å². The first-order valence-corrected chi connectivity index (χ1v) is 7.72. The van der Waals surface area contributed by atoms with Crippen LogP contribution in [0, 0.1) is 23.0 Å². The van der Waals surface area contributed by atoms with Gasteiger partial charge in [0, 0.05) is 19.2 Å². The summed E-state index contributed by atoms with van der Waals surface area (Å²) in [4.78, 5) is 10.2. The summed E-state index contributed by atoms with van der Waals surface area (Å²) in [5.74, 6) is 0.300. The third-order valence-electron chi connectivity index (χ3n) is 3.53. The summed E-state index contributed by atoms with van der Waals surface area (Å²) < 4.78 is 26.5. The minimum Gasteiger partial charge on any atom is -0.393 e. The normalized spacial score (nSPS) is 20.2. The lowest BCUT2D eigenvalue weighted by Gasteiger charge is -2.17. The van der Waals surface area contributed by atoms with E-state index in [4.69, 9.17) is 5.73 Å². The average Bonchev–Trinajstić information content (AvgIpc) is 2.75. The highest BCUT2D eigenvalue weighted by molar-refractivity contribution is 7.89. The van der Waals surface area contributed by atoms with Crippen molar-refractivity contribution in [2.24, 2.45) is 5.92 Å². The smallest absolute Gasteiger partial charge is 0.293 e. The first-order valence-electron chi connectivity index (χ1n) is 6.28. The third kappa shape index (κ3) is 2.48. The number of nitro groups is 1. The molecule has 1 aliphatic heterocycles. The first-order chi connectivity index (χ1) is 9.23. The molecule has 0 spiro atoms. The molecular weight excluding hydrogens is 282 g/mol. The molecule has 1 fully saturated rings. The van der Waals surface area contributed by atoms with Crippen molar-refractivity contribution in [2.45, 2.75) is 25.2 Å². The van der Waals surface area contributed by atoms with Gasteiger partial charge in [0.1, 0.15) is 5.69 Å². The number of anilines is 1. The number of nitro benzene ring substituents is 1. The Balaban J connectivity index is 2.51. The van der Waals surface area contributed by atoms with Crippen molar-refractivity contribution in [1.82, 2.24) is 4.31 Å². The molecule has 110 valence electrons. The van der Waals surface area contributed by atoms with Crippen LogP contribution < -0.4 is 5.73 Å². The molecule has 7 nitrogen and oxygen atoms in total. The zero-order chi connectivity index (χ0) is 15.1. The summed E-state index contributed by atoms with van der Waals surface area (Å²) in [6.07, 6.45) is 0.801. The van der Waals surface area contributed by atoms with Gasteiger partial charge in [0.05, 0.1) is 9.82 Å². The lowest BCUT2D eigenvalue weighted by Crippen LogP contribution is -2.29. The van der Waals surface area contributed by atoms with Crippen LogP contribution in [-0.2, 0) is 10.0 Å². The second-order valence-corrected chi connectivity index (χ2v) is 7.10. The number of nitrogen functional groups attached to an aromatic ring is 1. The van der Waals surface area contributed by atoms with Gasteiger partial charge in [0.2, 0.25) is 10.0 Å². The number of aryl methyl sites for hydroxylation is 1. The van der Waals surface area contributed by atoms with Crippen molar-refractivity contribution < 1.29 is 13.3 Å². The first kappa shape index (κ1) is 14.7. The van der Waals surface area contributed by atoms with Gasteiger partial charge in [-0.15, -0.1) is 0 Å². The van der Waals surface area contributed by atoms with Crippen LogP contribution in [0.2, 0.25) is 0 Å². The van der Waals surface area contributed by atoms with Crippen LogP contribution in [-0.4, -0.2) is 30.7 Å².